The van der Waals surface area contributed by atoms with E-state index in [9.17, 15) is 14.7 Å². The number of aliphatic hydroxyl groups is 1. The lowest BCUT2D eigenvalue weighted by molar-refractivity contribution is -0.140. The maximum Gasteiger partial charge on any atom is 0.295 e. The van der Waals surface area contributed by atoms with Gasteiger partial charge in [0.05, 0.1) is 18.2 Å². The summed E-state index contributed by atoms with van der Waals surface area (Å²) in [5.74, 6) is 0.389. The molecule has 0 spiro atoms. The van der Waals surface area contributed by atoms with Gasteiger partial charge in [-0.1, -0.05) is 56.3 Å². The zero-order valence-corrected chi connectivity index (χ0v) is 22.4. The number of rotatable bonds is 9. The molecule has 7 nitrogen and oxygen atoms in total. The van der Waals surface area contributed by atoms with Gasteiger partial charge >= 0.3 is 0 Å². The van der Waals surface area contributed by atoms with Crippen LogP contribution < -0.4 is 9.47 Å². The Kier molecular flexibility index (Phi) is 7.92. The first-order chi connectivity index (χ1) is 19.4. The lowest BCUT2D eigenvalue weighted by atomic mass is 9.95. The second-order valence-electron chi connectivity index (χ2n) is 10.0. The van der Waals surface area contributed by atoms with Crippen molar-refractivity contribution >= 4 is 17.4 Å². The highest BCUT2D eigenvalue weighted by Crippen LogP contribution is 2.41. The molecule has 202 valence electrons. The molecule has 40 heavy (non-hydrogen) atoms. The minimum Gasteiger partial charge on any atom is -0.507 e. The number of benzene rings is 3. The molecule has 1 aliphatic rings. The quantitative estimate of drug-likeness (QED) is 0.149. The predicted molar refractivity (Wildman–Crippen MR) is 152 cm³/mol. The van der Waals surface area contributed by atoms with Gasteiger partial charge in [-0.2, -0.15) is 0 Å². The Morgan fingerprint density at radius 1 is 0.875 bits per heavy atom. The molecule has 1 saturated heterocycles. The number of nitrogens with zero attached hydrogens (tertiary/aromatic N) is 2. The van der Waals surface area contributed by atoms with Crippen molar-refractivity contribution < 1.29 is 24.2 Å². The van der Waals surface area contributed by atoms with Crippen LogP contribution in [0.4, 0.5) is 0 Å². The van der Waals surface area contributed by atoms with Gasteiger partial charge in [-0.15, -0.1) is 0 Å². The first kappa shape index (κ1) is 26.7. The van der Waals surface area contributed by atoms with E-state index in [2.05, 4.69) is 4.98 Å². The molecule has 1 aliphatic heterocycles. The molecule has 0 bridgehead atoms. The summed E-state index contributed by atoms with van der Waals surface area (Å²) in [4.78, 5) is 32.4. The van der Waals surface area contributed by atoms with E-state index in [1.54, 1.807) is 67.0 Å². The summed E-state index contributed by atoms with van der Waals surface area (Å²) in [5.41, 5.74) is 1.85. The Balaban J connectivity index is 1.58. The normalized spacial score (nSPS) is 16.4. The molecule has 5 rings (SSSR count). The standard InChI is InChI=1S/C33H30N2O5/c1-22(2)21-39-27-12-7-9-25(19-27)31(36)29-30(35(33(38)32(29)37)20-23-14-16-34-17-15-23)24-8-6-13-28(18-24)40-26-10-4-3-5-11-26/h3-19,22,30,36H,20-21H2,1-2H3/b31-29-. The predicted octanol–water partition coefficient (Wildman–Crippen LogP) is 6.53. The van der Waals surface area contributed by atoms with Crippen LogP contribution in [0.3, 0.4) is 0 Å². The van der Waals surface area contributed by atoms with Crippen molar-refractivity contribution in [3.8, 4) is 17.2 Å². The van der Waals surface area contributed by atoms with Crippen LogP contribution in [0.15, 0.2) is 109 Å². The summed E-state index contributed by atoms with van der Waals surface area (Å²) in [6, 6.07) is 26.2. The number of carbonyl (C=O) groups is 2. The molecule has 4 aromatic rings. The van der Waals surface area contributed by atoms with Crippen LogP contribution in [-0.4, -0.2) is 33.3 Å². The van der Waals surface area contributed by atoms with E-state index >= 15 is 0 Å². The molecule has 1 atom stereocenters. The van der Waals surface area contributed by atoms with Crippen molar-refractivity contribution in [2.75, 3.05) is 6.61 Å². The summed E-state index contributed by atoms with van der Waals surface area (Å²) in [7, 11) is 0. The third-order valence-corrected chi connectivity index (χ3v) is 6.49. The van der Waals surface area contributed by atoms with Crippen molar-refractivity contribution in [2.24, 2.45) is 5.92 Å². The maximum atomic E-state index is 13.5. The van der Waals surface area contributed by atoms with Crippen molar-refractivity contribution in [2.45, 2.75) is 26.4 Å². The first-order valence-electron chi connectivity index (χ1n) is 13.1. The molecular formula is C33H30N2O5. The summed E-state index contributed by atoms with van der Waals surface area (Å²) >= 11 is 0. The number of hydrogen-bond donors (Lipinski definition) is 1. The lowest BCUT2D eigenvalue weighted by Crippen LogP contribution is -2.29. The number of aromatic nitrogens is 1. The number of amides is 1. The van der Waals surface area contributed by atoms with Gasteiger partial charge in [0.1, 0.15) is 23.0 Å². The highest BCUT2D eigenvalue weighted by Gasteiger charge is 2.46. The lowest BCUT2D eigenvalue weighted by Gasteiger charge is -2.26. The monoisotopic (exact) mass is 534 g/mol. The Labute approximate surface area is 233 Å². The van der Waals surface area contributed by atoms with Crippen molar-refractivity contribution in [1.29, 1.82) is 0 Å². The number of ketones is 1. The van der Waals surface area contributed by atoms with Crippen molar-refractivity contribution in [3.05, 3.63) is 126 Å². The molecule has 0 saturated carbocycles. The number of Topliss-reactive ketones (excluding diaryl/α,β-unsaturated/α-hetero) is 1. The number of para-hydroxylation sites is 1. The fourth-order valence-electron chi connectivity index (χ4n) is 4.60. The minimum absolute atomic E-state index is 0.0110. The Hall–Kier alpha value is -4.91. The molecule has 1 unspecified atom stereocenters. The van der Waals surface area contributed by atoms with Gasteiger partial charge in [0, 0.05) is 24.5 Å². The Morgan fingerprint density at radius 3 is 2.33 bits per heavy atom. The van der Waals surface area contributed by atoms with E-state index in [0.29, 0.717) is 40.9 Å². The third kappa shape index (κ3) is 5.89. The van der Waals surface area contributed by atoms with Gasteiger partial charge in [-0.05, 0) is 65.6 Å². The molecular weight excluding hydrogens is 504 g/mol. The number of pyridine rings is 1. The molecule has 0 aliphatic carbocycles. The average molecular weight is 535 g/mol. The molecule has 1 aromatic heterocycles. The van der Waals surface area contributed by atoms with Crippen LogP contribution in [0, 0.1) is 5.92 Å². The summed E-state index contributed by atoms with van der Waals surface area (Å²) in [6.07, 6.45) is 3.27. The van der Waals surface area contributed by atoms with Crippen LogP contribution in [0.25, 0.3) is 5.76 Å². The molecule has 7 heteroatoms. The molecule has 3 aromatic carbocycles. The highest BCUT2D eigenvalue weighted by atomic mass is 16.5. The highest BCUT2D eigenvalue weighted by molar-refractivity contribution is 6.46. The fraction of sp³-hybridized carbons (Fsp3) is 0.182. The van der Waals surface area contributed by atoms with Crippen molar-refractivity contribution in [1.82, 2.24) is 9.88 Å². The molecule has 1 N–H and O–H groups in total. The van der Waals surface area contributed by atoms with Gasteiger partial charge < -0.3 is 19.5 Å². The molecule has 2 heterocycles. The number of aliphatic hydroxyl groups excluding tert-OH is 1. The van der Waals surface area contributed by atoms with Gasteiger partial charge in [-0.3, -0.25) is 14.6 Å². The van der Waals surface area contributed by atoms with Crippen LogP contribution in [0.2, 0.25) is 0 Å². The van der Waals surface area contributed by atoms with Gasteiger partial charge in [0.2, 0.25) is 0 Å². The second-order valence-corrected chi connectivity index (χ2v) is 10.0. The van der Waals surface area contributed by atoms with Crippen LogP contribution in [-0.2, 0) is 16.1 Å². The molecule has 1 amide bonds. The minimum atomic E-state index is -0.840. The van der Waals surface area contributed by atoms with E-state index in [-0.39, 0.29) is 17.9 Å². The first-order valence-corrected chi connectivity index (χ1v) is 13.1. The van der Waals surface area contributed by atoms with E-state index in [1.807, 2.05) is 50.2 Å². The van der Waals surface area contributed by atoms with Crippen LogP contribution >= 0.6 is 0 Å². The number of likely N-dealkylation sites (tertiary alicyclic amines) is 1. The van der Waals surface area contributed by atoms with Crippen LogP contribution in [0.1, 0.15) is 36.6 Å². The molecule has 0 radical (unpaired) electrons. The van der Waals surface area contributed by atoms with Gasteiger partial charge in [0.25, 0.3) is 11.7 Å². The van der Waals surface area contributed by atoms with Gasteiger partial charge in [0.15, 0.2) is 0 Å². The number of ether oxygens (including phenoxy) is 2. The van der Waals surface area contributed by atoms with E-state index in [4.69, 9.17) is 9.47 Å². The maximum absolute atomic E-state index is 13.5. The zero-order chi connectivity index (χ0) is 28.1. The van der Waals surface area contributed by atoms with Crippen molar-refractivity contribution in [3.63, 3.8) is 0 Å². The second kappa shape index (κ2) is 11.9. The fourth-order valence-corrected chi connectivity index (χ4v) is 4.60. The third-order valence-electron chi connectivity index (χ3n) is 6.49. The van der Waals surface area contributed by atoms with Gasteiger partial charge in [-0.25, -0.2) is 0 Å². The largest absolute Gasteiger partial charge is 0.507 e. The number of hydrogen-bond acceptors (Lipinski definition) is 6. The SMILES string of the molecule is CC(C)COc1cccc(/C(O)=C2/C(=O)C(=O)N(Cc3ccncc3)C2c2cccc(Oc3ccccc3)c2)c1. The smallest absolute Gasteiger partial charge is 0.295 e. The summed E-state index contributed by atoms with van der Waals surface area (Å²) in [5, 5.41) is 11.5. The Morgan fingerprint density at radius 2 is 1.57 bits per heavy atom. The van der Waals surface area contributed by atoms with Crippen LogP contribution in [0.5, 0.6) is 17.2 Å². The molecule has 1 fully saturated rings. The van der Waals surface area contributed by atoms with E-state index in [1.165, 1.54) is 4.90 Å². The summed E-state index contributed by atoms with van der Waals surface area (Å²) < 4.78 is 11.9. The average Bonchev–Trinajstić information content (AvgIpc) is 3.22. The zero-order valence-electron chi connectivity index (χ0n) is 22.4. The van der Waals surface area contributed by atoms with E-state index < -0.39 is 17.7 Å². The topological polar surface area (TPSA) is 89.0 Å². The van der Waals surface area contributed by atoms with E-state index in [0.717, 1.165) is 5.56 Å². The number of carbonyl (C=O) groups excluding carboxylic acids is 2. The Bertz CT molecular complexity index is 1530. The summed E-state index contributed by atoms with van der Waals surface area (Å²) in [6.45, 7) is 4.76.